The number of nitrogens with one attached hydrogen (secondary N) is 1. The molecule has 0 radical (unpaired) electrons. The number of hydrogen-bond acceptors (Lipinski definition) is 5. The van der Waals surface area contributed by atoms with Crippen molar-refractivity contribution in [2.45, 2.75) is 45.1 Å². The molecule has 8 heteroatoms. The van der Waals surface area contributed by atoms with Crippen LogP contribution in [0.5, 0.6) is 5.75 Å². The number of hydrogen-bond donors (Lipinski definition) is 2. The van der Waals surface area contributed by atoms with Crippen LogP contribution in [0.2, 0.25) is 5.15 Å². The molecule has 31 heavy (non-hydrogen) atoms. The van der Waals surface area contributed by atoms with Crippen molar-refractivity contribution in [2.75, 3.05) is 13.2 Å². The van der Waals surface area contributed by atoms with Gasteiger partial charge in [-0.25, -0.2) is 9.37 Å². The second-order valence-electron chi connectivity index (χ2n) is 7.60. The Morgan fingerprint density at radius 1 is 1.48 bits per heavy atom. The normalized spacial score (nSPS) is 15.9. The zero-order chi connectivity index (χ0) is 22.4. The van der Waals surface area contributed by atoms with E-state index in [0.717, 1.165) is 30.2 Å². The predicted octanol–water partition coefficient (Wildman–Crippen LogP) is 4.45. The highest BCUT2D eigenvalue weighted by atomic mass is 35.5. The SMILES string of the molecule is CCC(C(=O)O)[C@@H]1CCc2cc(OCCCNCc3nc(Cl)c(C#N)cc3F)ccc21. The van der Waals surface area contributed by atoms with Crippen LogP contribution in [0.3, 0.4) is 0 Å². The molecule has 0 spiro atoms. The molecule has 0 fully saturated rings. The lowest BCUT2D eigenvalue weighted by atomic mass is 9.85. The fourth-order valence-electron chi connectivity index (χ4n) is 4.06. The van der Waals surface area contributed by atoms with E-state index in [1.807, 2.05) is 25.1 Å². The minimum atomic E-state index is -0.730. The smallest absolute Gasteiger partial charge is 0.307 e. The van der Waals surface area contributed by atoms with Gasteiger partial charge in [-0.05, 0) is 67.5 Å². The molecule has 6 nitrogen and oxygen atoms in total. The van der Waals surface area contributed by atoms with Gasteiger partial charge in [0.25, 0.3) is 0 Å². The van der Waals surface area contributed by atoms with Gasteiger partial charge in [0.2, 0.25) is 0 Å². The average molecular weight is 446 g/mol. The third-order valence-corrected chi connectivity index (χ3v) is 5.95. The van der Waals surface area contributed by atoms with E-state index in [1.165, 1.54) is 5.56 Å². The van der Waals surface area contributed by atoms with Crippen molar-refractivity contribution in [3.63, 3.8) is 0 Å². The Balaban J connectivity index is 1.45. The highest BCUT2D eigenvalue weighted by molar-refractivity contribution is 6.30. The summed E-state index contributed by atoms with van der Waals surface area (Å²) in [6, 6.07) is 8.79. The van der Waals surface area contributed by atoms with Crippen molar-refractivity contribution >= 4 is 17.6 Å². The van der Waals surface area contributed by atoms with Gasteiger partial charge in [-0.1, -0.05) is 24.6 Å². The van der Waals surface area contributed by atoms with Crippen LogP contribution in [0.15, 0.2) is 24.3 Å². The monoisotopic (exact) mass is 445 g/mol. The molecule has 0 bridgehead atoms. The largest absolute Gasteiger partial charge is 0.494 e. The number of carboxylic acid groups (broad SMARTS) is 1. The molecule has 0 aliphatic heterocycles. The molecule has 1 heterocycles. The second kappa shape index (κ2) is 10.6. The maximum atomic E-state index is 13.9. The van der Waals surface area contributed by atoms with Crippen LogP contribution in [-0.2, 0) is 17.8 Å². The molecule has 0 saturated carbocycles. The number of carbonyl (C=O) groups is 1. The van der Waals surface area contributed by atoms with Crippen LogP contribution in [-0.4, -0.2) is 29.2 Å². The Morgan fingerprint density at radius 2 is 2.29 bits per heavy atom. The Hall–Kier alpha value is -2.69. The van der Waals surface area contributed by atoms with Gasteiger partial charge in [-0.2, -0.15) is 5.26 Å². The number of nitriles is 1. The summed E-state index contributed by atoms with van der Waals surface area (Å²) in [4.78, 5) is 15.4. The molecule has 3 rings (SSSR count). The van der Waals surface area contributed by atoms with Gasteiger partial charge in [0.1, 0.15) is 22.8 Å². The third kappa shape index (κ3) is 5.52. The fraction of sp³-hybridized carbons (Fsp3) is 0.435. The number of nitrogens with zero attached hydrogens (tertiary/aromatic N) is 2. The molecule has 2 atom stereocenters. The van der Waals surface area contributed by atoms with Gasteiger partial charge in [0, 0.05) is 6.54 Å². The quantitative estimate of drug-likeness (QED) is 0.414. The number of aliphatic carboxylic acids is 1. The lowest BCUT2D eigenvalue weighted by molar-refractivity contribution is -0.142. The van der Waals surface area contributed by atoms with Gasteiger partial charge in [-0.3, -0.25) is 4.79 Å². The average Bonchev–Trinajstić information content (AvgIpc) is 3.15. The highest BCUT2D eigenvalue weighted by Crippen LogP contribution is 2.41. The van der Waals surface area contributed by atoms with Crippen molar-refractivity contribution in [1.82, 2.24) is 10.3 Å². The summed E-state index contributed by atoms with van der Waals surface area (Å²) in [5.74, 6) is -0.792. The van der Waals surface area contributed by atoms with E-state index in [0.29, 0.717) is 26.0 Å². The zero-order valence-electron chi connectivity index (χ0n) is 17.3. The van der Waals surface area contributed by atoms with Crippen LogP contribution in [0, 0.1) is 23.1 Å². The molecular formula is C23H25ClFN3O3. The van der Waals surface area contributed by atoms with E-state index in [2.05, 4.69) is 10.3 Å². The zero-order valence-corrected chi connectivity index (χ0v) is 18.1. The number of carboxylic acids is 1. The van der Waals surface area contributed by atoms with E-state index < -0.39 is 11.8 Å². The van der Waals surface area contributed by atoms with Gasteiger partial charge in [-0.15, -0.1) is 0 Å². The number of fused-ring (bicyclic) bond motifs is 1. The van der Waals surface area contributed by atoms with Gasteiger partial charge >= 0.3 is 5.97 Å². The molecule has 2 N–H and O–H groups in total. The summed E-state index contributed by atoms with van der Waals surface area (Å²) >= 11 is 5.84. The number of halogens is 2. The number of aryl methyl sites for hydroxylation is 1. The van der Waals surface area contributed by atoms with Gasteiger partial charge < -0.3 is 15.2 Å². The van der Waals surface area contributed by atoms with Crippen LogP contribution in [0.4, 0.5) is 4.39 Å². The summed E-state index contributed by atoms with van der Waals surface area (Å²) in [5, 5.41) is 21.4. The molecule has 2 aromatic rings. The Kier molecular flexibility index (Phi) is 7.83. The molecule has 0 saturated heterocycles. The number of pyridine rings is 1. The minimum Gasteiger partial charge on any atom is -0.494 e. The first-order chi connectivity index (χ1) is 14.9. The van der Waals surface area contributed by atoms with Crippen molar-refractivity contribution in [1.29, 1.82) is 5.26 Å². The molecule has 164 valence electrons. The van der Waals surface area contributed by atoms with Crippen molar-refractivity contribution in [3.05, 3.63) is 57.6 Å². The maximum absolute atomic E-state index is 13.9. The standard InChI is InChI=1S/C23H25ClFN3O3/c1-2-17(23(29)30)19-6-4-14-10-16(5-7-18(14)19)31-9-3-8-27-13-21-20(25)11-15(12-26)22(24)28-21/h5,7,10-11,17,19,27H,2-4,6,8-9,13H2,1H3,(H,29,30)/t17?,19-/m0/s1. The fourth-order valence-corrected chi connectivity index (χ4v) is 4.26. The van der Waals surface area contributed by atoms with Crippen LogP contribution < -0.4 is 10.1 Å². The molecule has 1 aromatic heterocycles. The van der Waals surface area contributed by atoms with Gasteiger partial charge in [0.15, 0.2) is 0 Å². The van der Waals surface area contributed by atoms with Crippen LogP contribution in [0.25, 0.3) is 0 Å². The topological polar surface area (TPSA) is 95.2 Å². The minimum absolute atomic E-state index is 0.00325. The molecule has 1 aliphatic carbocycles. The van der Waals surface area contributed by atoms with Crippen LogP contribution >= 0.6 is 11.6 Å². The number of ether oxygens (including phenoxy) is 1. The first-order valence-electron chi connectivity index (χ1n) is 10.4. The summed E-state index contributed by atoms with van der Waals surface area (Å²) in [6.07, 6.45) is 3.06. The first kappa shape index (κ1) is 23.0. The molecule has 1 aromatic carbocycles. The summed E-state index contributed by atoms with van der Waals surface area (Å²) in [7, 11) is 0. The lowest BCUT2D eigenvalue weighted by Gasteiger charge is -2.19. The molecule has 0 amide bonds. The van der Waals surface area contributed by atoms with E-state index in [-0.39, 0.29) is 34.8 Å². The molecule has 1 aliphatic rings. The highest BCUT2D eigenvalue weighted by Gasteiger charge is 2.33. The van der Waals surface area contributed by atoms with E-state index in [9.17, 15) is 14.3 Å². The Morgan fingerprint density at radius 3 is 3.00 bits per heavy atom. The van der Waals surface area contributed by atoms with Gasteiger partial charge in [0.05, 0.1) is 23.8 Å². The van der Waals surface area contributed by atoms with Crippen molar-refractivity contribution < 1.29 is 19.0 Å². The number of benzene rings is 1. The van der Waals surface area contributed by atoms with E-state index in [4.69, 9.17) is 21.6 Å². The maximum Gasteiger partial charge on any atom is 0.307 e. The van der Waals surface area contributed by atoms with Crippen LogP contribution in [0.1, 0.15) is 54.5 Å². The first-order valence-corrected chi connectivity index (χ1v) is 10.8. The van der Waals surface area contributed by atoms with Crippen molar-refractivity contribution in [3.8, 4) is 11.8 Å². The summed E-state index contributed by atoms with van der Waals surface area (Å²) in [5.41, 5.74) is 2.48. The predicted molar refractivity (Wildman–Crippen MR) is 115 cm³/mol. The van der Waals surface area contributed by atoms with E-state index in [1.54, 1.807) is 6.07 Å². The Bertz CT molecular complexity index is 993. The third-order valence-electron chi connectivity index (χ3n) is 5.66. The Labute approximate surface area is 186 Å². The number of rotatable bonds is 10. The van der Waals surface area contributed by atoms with E-state index >= 15 is 0 Å². The molecule has 1 unspecified atom stereocenters. The second-order valence-corrected chi connectivity index (χ2v) is 7.96. The van der Waals surface area contributed by atoms with Crippen molar-refractivity contribution in [2.24, 2.45) is 5.92 Å². The molecular weight excluding hydrogens is 421 g/mol. The summed E-state index contributed by atoms with van der Waals surface area (Å²) < 4.78 is 19.7. The summed E-state index contributed by atoms with van der Waals surface area (Å²) in [6.45, 7) is 3.22. The lowest BCUT2D eigenvalue weighted by Crippen LogP contribution is -2.19. The number of aromatic nitrogens is 1.